The summed E-state index contributed by atoms with van der Waals surface area (Å²) in [5, 5.41) is 2.91. The van der Waals surface area contributed by atoms with E-state index < -0.39 is 15.5 Å². The zero-order valence-electron chi connectivity index (χ0n) is 13.9. The van der Waals surface area contributed by atoms with Crippen LogP contribution in [-0.4, -0.2) is 19.9 Å². The van der Waals surface area contributed by atoms with Crippen molar-refractivity contribution in [3.8, 4) is 11.4 Å². The van der Waals surface area contributed by atoms with Gasteiger partial charge in [0.25, 0.3) is 0 Å². The van der Waals surface area contributed by atoms with Gasteiger partial charge in [0.05, 0.1) is 17.8 Å². The molecule has 0 aliphatic heterocycles. The van der Waals surface area contributed by atoms with E-state index in [-0.39, 0.29) is 29.7 Å². The van der Waals surface area contributed by atoms with Crippen molar-refractivity contribution in [2.45, 2.75) is 16.5 Å². The van der Waals surface area contributed by atoms with Gasteiger partial charge in [-0.25, -0.2) is 4.98 Å². The van der Waals surface area contributed by atoms with E-state index in [2.05, 4.69) is 25.3 Å². The van der Waals surface area contributed by atoms with Gasteiger partial charge < -0.3 is 5.32 Å². The fraction of sp³-hybridized carbons (Fsp3) is 0.176. The number of hydrogen-bond donors (Lipinski definition) is 1. The molecule has 2 aromatic heterocycles. The maximum absolute atomic E-state index is 13.0. The summed E-state index contributed by atoms with van der Waals surface area (Å²) < 4.78 is 37.0. The Hall–Kier alpha value is -2.16. The molecule has 11 heteroatoms. The molecular formula is C17H11Cl3F3N5. The number of aromatic nitrogens is 4. The lowest BCUT2D eigenvalue weighted by atomic mass is 10.1. The Bertz CT molecular complexity index is 962. The Morgan fingerprint density at radius 2 is 1.71 bits per heavy atom. The highest BCUT2D eigenvalue weighted by Crippen LogP contribution is 2.37. The highest BCUT2D eigenvalue weighted by molar-refractivity contribution is 6.66. The number of rotatable bonds is 4. The monoisotopic (exact) mass is 447 g/mol. The van der Waals surface area contributed by atoms with Crippen LogP contribution in [0.1, 0.15) is 17.1 Å². The lowest BCUT2D eigenvalue weighted by Crippen LogP contribution is -2.14. The lowest BCUT2D eigenvalue weighted by molar-refractivity contribution is -0.137. The highest BCUT2D eigenvalue weighted by Gasteiger charge is 2.32. The molecule has 0 aliphatic carbocycles. The average Bonchev–Trinajstić information content (AvgIpc) is 2.66. The third kappa shape index (κ3) is 5.21. The van der Waals surface area contributed by atoms with Crippen LogP contribution in [0.5, 0.6) is 0 Å². The predicted octanol–water partition coefficient (Wildman–Crippen LogP) is 5.39. The summed E-state index contributed by atoms with van der Waals surface area (Å²) in [5.41, 5.74) is -0.0450. The standard InChI is InChI=1S/C17H11Cl3F3N5/c18-16(19,20)14-26-13(10-4-3-5-11(8-10)17(21,22)23)27-15(28-14)25-9-12-6-1-2-7-24-12/h1-8H,9H2,(H,25,26,27,28). The largest absolute Gasteiger partial charge is 0.416 e. The first-order valence-corrected chi connectivity index (χ1v) is 8.91. The molecule has 28 heavy (non-hydrogen) atoms. The summed E-state index contributed by atoms with van der Waals surface area (Å²) >= 11 is 17.6. The summed E-state index contributed by atoms with van der Waals surface area (Å²) in [7, 11) is 0. The van der Waals surface area contributed by atoms with Gasteiger partial charge in [0, 0.05) is 11.8 Å². The Morgan fingerprint density at radius 1 is 0.929 bits per heavy atom. The van der Waals surface area contributed by atoms with E-state index in [1.165, 1.54) is 12.1 Å². The van der Waals surface area contributed by atoms with Gasteiger partial charge in [0.15, 0.2) is 11.6 Å². The average molecular weight is 449 g/mol. The second kappa shape index (κ2) is 8.06. The van der Waals surface area contributed by atoms with Crippen LogP contribution in [-0.2, 0) is 16.5 Å². The molecule has 0 atom stereocenters. The van der Waals surface area contributed by atoms with Gasteiger partial charge >= 0.3 is 6.18 Å². The Balaban J connectivity index is 1.99. The number of anilines is 1. The minimum Gasteiger partial charge on any atom is -0.348 e. The second-order valence-electron chi connectivity index (χ2n) is 5.56. The van der Waals surface area contributed by atoms with Gasteiger partial charge in [-0.1, -0.05) is 53.0 Å². The van der Waals surface area contributed by atoms with Crippen molar-refractivity contribution in [3.05, 3.63) is 65.7 Å². The number of benzene rings is 1. The third-order valence-electron chi connectivity index (χ3n) is 3.49. The maximum atomic E-state index is 13.0. The lowest BCUT2D eigenvalue weighted by Gasteiger charge is -2.14. The summed E-state index contributed by atoms with van der Waals surface area (Å²) in [4.78, 5) is 16.3. The predicted molar refractivity (Wildman–Crippen MR) is 101 cm³/mol. The first kappa shape index (κ1) is 20.6. The molecule has 0 unspecified atom stereocenters. The molecule has 0 saturated heterocycles. The molecule has 3 rings (SSSR count). The zero-order valence-corrected chi connectivity index (χ0v) is 16.2. The fourth-order valence-electron chi connectivity index (χ4n) is 2.22. The van der Waals surface area contributed by atoms with Crippen molar-refractivity contribution in [1.29, 1.82) is 0 Å². The summed E-state index contributed by atoms with van der Waals surface area (Å²) in [6.07, 6.45) is -2.90. The minimum absolute atomic E-state index is 0.0365. The van der Waals surface area contributed by atoms with E-state index in [1.807, 2.05) is 0 Å². The van der Waals surface area contributed by atoms with Crippen molar-refractivity contribution < 1.29 is 13.2 Å². The van der Waals surface area contributed by atoms with Gasteiger partial charge in [0.2, 0.25) is 9.74 Å². The molecule has 146 valence electrons. The van der Waals surface area contributed by atoms with E-state index in [4.69, 9.17) is 34.8 Å². The Labute approximate surface area is 172 Å². The zero-order chi connectivity index (χ0) is 20.4. The van der Waals surface area contributed by atoms with Crippen molar-refractivity contribution in [2.75, 3.05) is 5.32 Å². The number of nitrogens with one attached hydrogen (secondary N) is 1. The van der Waals surface area contributed by atoms with Crippen LogP contribution in [0, 0.1) is 0 Å². The molecule has 0 aliphatic rings. The second-order valence-corrected chi connectivity index (χ2v) is 7.84. The highest BCUT2D eigenvalue weighted by atomic mass is 35.6. The maximum Gasteiger partial charge on any atom is 0.416 e. The van der Waals surface area contributed by atoms with Crippen LogP contribution in [0.4, 0.5) is 19.1 Å². The number of alkyl halides is 6. The molecular weight excluding hydrogens is 438 g/mol. The molecule has 0 saturated carbocycles. The Kier molecular flexibility index (Phi) is 5.92. The van der Waals surface area contributed by atoms with Crippen LogP contribution in [0.25, 0.3) is 11.4 Å². The van der Waals surface area contributed by atoms with E-state index >= 15 is 0 Å². The third-order valence-corrected chi connectivity index (χ3v) is 4.00. The summed E-state index contributed by atoms with van der Waals surface area (Å²) in [5.74, 6) is -0.247. The summed E-state index contributed by atoms with van der Waals surface area (Å²) in [6, 6.07) is 9.88. The molecule has 3 aromatic rings. The van der Waals surface area contributed by atoms with E-state index in [0.717, 1.165) is 12.1 Å². The normalized spacial score (nSPS) is 12.1. The van der Waals surface area contributed by atoms with Crippen molar-refractivity contribution >= 4 is 40.8 Å². The molecule has 2 heterocycles. The topological polar surface area (TPSA) is 63.6 Å². The van der Waals surface area contributed by atoms with Crippen molar-refractivity contribution in [2.24, 2.45) is 0 Å². The Morgan fingerprint density at radius 3 is 2.36 bits per heavy atom. The van der Waals surface area contributed by atoms with Crippen LogP contribution < -0.4 is 5.32 Å². The van der Waals surface area contributed by atoms with Crippen LogP contribution in [0.3, 0.4) is 0 Å². The number of pyridine rings is 1. The molecule has 0 bridgehead atoms. The smallest absolute Gasteiger partial charge is 0.348 e. The van der Waals surface area contributed by atoms with E-state index in [9.17, 15) is 13.2 Å². The SMILES string of the molecule is FC(F)(F)c1cccc(-c2nc(NCc3ccccn3)nc(C(Cl)(Cl)Cl)n2)c1. The fourth-order valence-corrected chi connectivity index (χ4v) is 2.47. The van der Waals surface area contributed by atoms with Gasteiger partial charge in [-0.2, -0.15) is 23.1 Å². The van der Waals surface area contributed by atoms with E-state index in [1.54, 1.807) is 24.4 Å². The van der Waals surface area contributed by atoms with Crippen LogP contribution >= 0.6 is 34.8 Å². The van der Waals surface area contributed by atoms with Gasteiger partial charge in [-0.15, -0.1) is 0 Å². The first-order valence-electron chi connectivity index (χ1n) is 7.77. The van der Waals surface area contributed by atoms with Crippen LogP contribution in [0.15, 0.2) is 48.7 Å². The molecule has 1 N–H and O–H groups in total. The quantitative estimate of drug-likeness (QED) is 0.542. The van der Waals surface area contributed by atoms with Gasteiger partial charge in [0.1, 0.15) is 0 Å². The molecule has 0 radical (unpaired) electrons. The number of nitrogens with zero attached hydrogens (tertiary/aromatic N) is 4. The number of hydrogen-bond acceptors (Lipinski definition) is 5. The minimum atomic E-state index is -4.51. The van der Waals surface area contributed by atoms with E-state index in [0.29, 0.717) is 5.69 Å². The summed E-state index contributed by atoms with van der Waals surface area (Å²) in [6.45, 7) is 0.256. The number of halogens is 6. The van der Waals surface area contributed by atoms with Crippen molar-refractivity contribution in [1.82, 2.24) is 19.9 Å². The molecule has 1 aromatic carbocycles. The molecule has 0 amide bonds. The van der Waals surface area contributed by atoms with Gasteiger partial charge in [-0.3, -0.25) is 4.98 Å². The molecule has 5 nitrogen and oxygen atoms in total. The molecule has 0 spiro atoms. The van der Waals surface area contributed by atoms with Crippen LogP contribution in [0.2, 0.25) is 0 Å². The first-order chi connectivity index (χ1) is 13.1. The molecule has 0 fully saturated rings. The van der Waals surface area contributed by atoms with Crippen molar-refractivity contribution in [3.63, 3.8) is 0 Å². The van der Waals surface area contributed by atoms with Gasteiger partial charge in [-0.05, 0) is 24.3 Å².